The summed E-state index contributed by atoms with van der Waals surface area (Å²) >= 11 is 0. The van der Waals surface area contributed by atoms with E-state index in [9.17, 15) is 0 Å². The molecule has 4 heteroatoms. The molecule has 0 N–H and O–H groups in total. The van der Waals surface area contributed by atoms with Crippen LogP contribution in [0, 0.1) is 0 Å². The van der Waals surface area contributed by atoms with E-state index >= 15 is 0 Å². The van der Waals surface area contributed by atoms with Crippen molar-refractivity contribution in [1.82, 2.24) is 0 Å². The van der Waals surface area contributed by atoms with Crippen molar-refractivity contribution in [1.29, 1.82) is 0 Å². The Morgan fingerprint density at radius 3 is 0.967 bits per heavy atom. The number of benzene rings is 2. The molecular formula is C26H42Si4. The van der Waals surface area contributed by atoms with Gasteiger partial charge in [0, 0.05) is 14.2 Å². The van der Waals surface area contributed by atoms with Crippen LogP contribution in [-0.2, 0) is 25.7 Å². The van der Waals surface area contributed by atoms with Crippen molar-refractivity contribution < 1.29 is 0 Å². The fourth-order valence-corrected chi connectivity index (χ4v) is 75.0. The maximum absolute atomic E-state index is 2.82. The lowest BCUT2D eigenvalue weighted by Crippen LogP contribution is -2.84. The maximum atomic E-state index is 2.82. The van der Waals surface area contributed by atoms with Crippen LogP contribution in [0.3, 0.4) is 0 Å². The molecule has 5 rings (SSSR count). The predicted octanol–water partition coefficient (Wildman–Crippen LogP) is 5.85. The molecule has 2 aliphatic heterocycles. The zero-order chi connectivity index (χ0) is 21.9. The van der Waals surface area contributed by atoms with Crippen molar-refractivity contribution in [2.75, 3.05) is 0 Å². The van der Waals surface area contributed by atoms with Gasteiger partial charge in [-0.3, -0.25) is 0 Å². The summed E-state index contributed by atoms with van der Waals surface area (Å²) in [4.78, 5) is 0. The highest BCUT2D eigenvalue weighted by Gasteiger charge is 2.59. The molecule has 0 unspecified atom stereocenters. The third kappa shape index (κ3) is 3.42. The molecule has 162 valence electrons. The van der Waals surface area contributed by atoms with E-state index in [2.05, 4.69) is 88.8 Å². The molecule has 0 saturated carbocycles. The average molecular weight is 467 g/mol. The van der Waals surface area contributed by atoms with Gasteiger partial charge in [0.2, 0.25) is 0 Å². The molecule has 0 saturated heterocycles. The fourth-order valence-electron chi connectivity index (χ4n) is 6.10. The van der Waals surface area contributed by atoms with Crippen LogP contribution in [0.1, 0.15) is 35.1 Å². The maximum Gasteiger partial charge on any atom is 0.0711 e. The SMILES string of the molecule is C[Si]1(C)c2cc3cc(c2)CCCc2cc(cc(c2)[Si](C)(C)[Si](C)(C)[Si]1(C)C)CCC3. The molecule has 0 spiro atoms. The van der Waals surface area contributed by atoms with Crippen molar-refractivity contribution in [2.24, 2.45) is 0 Å². The molecule has 2 heterocycles. The monoisotopic (exact) mass is 466 g/mol. The van der Waals surface area contributed by atoms with E-state index in [1.165, 1.54) is 38.5 Å². The van der Waals surface area contributed by atoms with Crippen LogP contribution >= 0.6 is 0 Å². The lowest BCUT2D eigenvalue weighted by Gasteiger charge is -2.55. The van der Waals surface area contributed by atoms with Gasteiger partial charge in [-0.25, -0.2) is 0 Å². The molecule has 2 aromatic rings. The standard InChI is InChI=1S/C26H42Si4/c1-27(2)25-17-21-11-9-13-23-16-24(14-10-12-22(15-21)18-25)20-26(19-23)28(3,4)30(7,8)29(27,5)6/h15-20H,9-14H2,1-8H3. The summed E-state index contributed by atoms with van der Waals surface area (Å²) < 4.78 is 0. The Hall–Kier alpha value is -0.692. The first-order chi connectivity index (χ1) is 13.9. The molecule has 0 aromatic heterocycles. The van der Waals surface area contributed by atoms with E-state index in [0.29, 0.717) is 0 Å². The van der Waals surface area contributed by atoms with Gasteiger partial charge in [0.05, 0.1) is 15.2 Å². The van der Waals surface area contributed by atoms with Crippen LogP contribution in [0.25, 0.3) is 0 Å². The summed E-state index contributed by atoms with van der Waals surface area (Å²) in [6, 6.07) is 15.8. The quantitative estimate of drug-likeness (QED) is 0.427. The summed E-state index contributed by atoms with van der Waals surface area (Å²) in [5.74, 6) is 0. The predicted molar refractivity (Wildman–Crippen MR) is 146 cm³/mol. The summed E-state index contributed by atoms with van der Waals surface area (Å²) in [5.41, 5.74) is 6.50. The van der Waals surface area contributed by atoms with Gasteiger partial charge in [0.25, 0.3) is 0 Å². The van der Waals surface area contributed by atoms with Crippen LogP contribution in [0.15, 0.2) is 36.4 Å². The number of hydrogen-bond donors (Lipinski definition) is 0. The van der Waals surface area contributed by atoms with E-state index in [1.54, 1.807) is 32.6 Å². The first kappa shape index (κ1) is 22.5. The molecule has 30 heavy (non-hydrogen) atoms. The minimum absolute atomic E-state index is 1.24. The van der Waals surface area contributed by atoms with Gasteiger partial charge in [-0.1, -0.05) is 99.1 Å². The molecular weight excluding hydrogens is 425 g/mol. The van der Waals surface area contributed by atoms with E-state index in [1.807, 2.05) is 0 Å². The molecule has 0 amide bonds. The average Bonchev–Trinajstić information content (AvgIpc) is 2.66. The lowest BCUT2D eigenvalue weighted by molar-refractivity contribution is 0.791. The van der Waals surface area contributed by atoms with Gasteiger partial charge >= 0.3 is 0 Å². The van der Waals surface area contributed by atoms with Crippen LogP contribution in [0.5, 0.6) is 0 Å². The molecule has 6 bridgehead atoms. The molecule has 3 aliphatic rings. The van der Waals surface area contributed by atoms with Gasteiger partial charge in [0.1, 0.15) is 0 Å². The zero-order valence-electron chi connectivity index (χ0n) is 20.7. The molecule has 2 aromatic carbocycles. The van der Waals surface area contributed by atoms with Gasteiger partial charge in [-0.05, 0) is 60.8 Å². The van der Waals surface area contributed by atoms with Crippen LogP contribution in [-0.4, -0.2) is 29.4 Å². The minimum atomic E-state index is -1.54. The summed E-state index contributed by atoms with van der Waals surface area (Å²) in [6.45, 7) is 22.3. The van der Waals surface area contributed by atoms with Crippen LogP contribution < -0.4 is 10.4 Å². The Morgan fingerprint density at radius 2 is 0.700 bits per heavy atom. The second-order valence-electron chi connectivity index (χ2n) is 12.3. The fraction of sp³-hybridized carbons (Fsp3) is 0.538. The zero-order valence-corrected chi connectivity index (χ0v) is 24.7. The van der Waals surface area contributed by atoms with Crippen molar-refractivity contribution in [3.8, 4) is 0 Å². The lowest BCUT2D eigenvalue weighted by atomic mass is 9.96. The first-order valence-corrected chi connectivity index (χ1v) is 27.1. The summed E-state index contributed by atoms with van der Waals surface area (Å²) in [5, 5.41) is 3.59. The number of fused-ring (bicyclic) bond motifs is 7. The normalized spacial score (nSPS) is 23.6. The largest absolute Gasteiger partial charge is 0.0730 e. The van der Waals surface area contributed by atoms with E-state index in [0.717, 1.165) is 0 Å². The third-order valence-corrected chi connectivity index (χ3v) is 77.5. The summed E-state index contributed by atoms with van der Waals surface area (Å²) in [7, 11) is -5.96. The van der Waals surface area contributed by atoms with E-state index < -0.39 is 29.4 Å². The molecule has 0 atom stereocenters. The Balaban J connectivity index is 2.07. The van der Waals surface area contributed by atoms with Gasteiger partial charge in [0.15, 0.2) is 0 Å². The molecule has 1 aliphatic carbocycles. The first-order valence-electron chi connectivity index (χ1n) is 12.1. The summed E-state index contributed by atoms with van der Waals surface area (Å²) in [6.07, 6.45) is 7.56. The Labute approximate surface area is 188 Å². The topological polar surface area (TPSA) is 0 Å². The third-order valence-electron chi connectivity index (χ3n) is 10.1. The van der Waals surface area contributed by atoms with Gasteiger partial charge in [-0.15, -0.1) is 0 Å². The number of aryl methyl sites for hydroxylation is 4. The van der Waals surface area contributed by atoms with Crippen LogP contribution in [0.4, 0.5) is 0 Å². The number of rotatable bonds is 0. The van der Waals surface area contributed by atoms with Gasteiger partial charge in [-0.2, -0.15) is 0 Å². The van der Waals surface area contributed by atoms with Gasteiger partial charge < -0.3 is 0 Å². The highest BCUT2D eigenvalue weighted by Crippen LogP contribution is 2.36. The van der Waals surface area contributed by atoms with Crippen molar-refractivity contribution in [3.05, 3.63) is 58.7 Å². The Kier molecular flexibility index (Phi) is 5.57. The second-order valence-corrected chi connectivity index (χ2v) is 51.9. The smallest absolute Gasteiger partial charge is 0.0711 e. The molecule has 0 nitrogen and oxygen atoms in total. The van der Waals surface area contributed by atoms with Crippen LogP contribution in [0.2, 0.25) is 52.4 Å². The van der Waals surface area contributed by atoms with E-state index in [4.69, 9.17) is 0 Å². The van der Waals surface area contributed by atoms with Crippen molar-refractivity contribution >= 4 is 39.8 Å². The minimum Gasteiger partial charge on any atom is -0.0730 e. The number of hydrogen-bond acceptors (Lipinski definition) is 0. The second kappa shape index (κ2) is 7.43. The Bertz CT molecular complexity index is 845. The molecule has 0 radical (unpaired) electrons. The Morgan fingerprint density at radius 1 is 0.433 bits per heavy atom. The highest BCUT2D eigenvalue weighted by atomic mass is 29.8. The highest BCUT2D eigenvalue weighted by molar-refractivity contribution is 7.85. The molecule has 0 fully saturated rings. The van der Waals surface area contributed by atoms with E-state index in [-0.39, 0.29) is 0 Å². The van der Waals surface area contributed by atoms with Crippen molar-refractivity contribution in [2.45, 2.75) is 90.9 Å². The van der Waals surface area contributed by atoms with Crippen molar-refractivity contribution in [3.63, 3.8) is 0 Å².